The largest absolute Gasteiger partial charge is 0.418 e. The summed E-state index contributed by atoms with van der Waals surface area (Å²) >= 11 is 0. The monoisotopic (exact) mass is 242 g/mol. The number of rotatable bonds is 2. The summed E-state index contributed by atoms with van der Waals surface area (Å²) in [5, 5.41) is 10.3. The predicted molar refractivity (Wildman–Crippen MR) is 40.9 cm³/mol. The van der Waals surface area contributed by atoms with Crippen molar-refractivity contribution >= 4 is 5.69 Å². The molecule has 0 atom stereocenters. The molecule has 0 aliphatic carbocycles. The molecule has 4 nitrogen and oxygen atoms in total. The third-order valence-corrected chi connectivity index (χ3v) is 1.69. The summed E-state index contributed by atoms with van der Waals surface area (Å²) in [5.41, 5.74) is -4.80. The van der Waals surface area contributed by atoms with E-state index in [1.807, 2.05) is 0 Å². The molecular weight excluding hydrogens is 239 g/mol. The summed E-state index contributed by atoms with van der Waals surface area (Å²) in [6, 6.07) is 0. The molecule has 0 aliphatic rings. The van der Waals surface area contributed by atoms with Gasteiger partial charge in [0, 0.05) is 6.20 Å². The number of hydrogen-bond acceptors (Lipinski definition) is 3. The van der Waals surface area contributed by atoms with Crippen molar-refractivity contribution in [3.8, 4) is 0 Å². The first-order chi connectivity index (χ1) is 7.25. The first-order valence-electron chi connectivity index (χ1n) is 3.72. The van der Waals surface area contributed by atoms with E-state index < -0.39 is 34.3 Å². The fourth-order valence-electron chi connectivity index (χ4n) is 1.06. The van der Waals surface area contributed by atoms with Crippen molar-refractivity contribution in [1.29, 1.82) is 0 Å². The third-order valence-electron chi connectivity index (χ3n) is 1.69. The Labute approximate surface area is 84.9 Å². The summed E-state index contributed by atoms with van der Waals surface area (Å²) in [4.78, 5) is 11.9. The standard InChI is InChI=1S/C7H3F5N2O2/c8-6(9)5-3(7(10,11)12)1-13-2-4(5)14(15)16/h1-2,6H. The number of alkyl halides is 5. The van der Waals surface area contributed by atoms with Gasteiger partial charge in [0.25, 0.3) is 12.1 Å². The Bertz CT molecular complexity index is 418. The van der Waals surface area contributed by atoms with Crippen molar-refractivity contribution in [3.63, 3.8) is 0 Å². The van der Waals surface area contributed by atoms with Gasteiger partial charge in [-0.05, 0) is 0 Å². The molecule has 0 saturated heterocycles. The molecule has 0 radical (unpaired) electrons. The second-order valence-corrected chi connectivity index (χ2v) is 2.68. The molecule has 88 valence electrons. The molecule has 0 aromatic carbocycles. The minimum Gasteiger partial charge on any atom is -0.258 e. The summed E-state index contributed by atoms with van der Waals surface area (Å²) in [7, 11) is 0. The Balaban J connectivity index is 3.51. The van der Waals surface area contributed by atoms with E-state index in [0.29, 0.717) is 6.20 Å². The summed E-state index contributed by atoms with van der Waals surface area (Å²) in [6.07, 6.45) is -8.21. The van der Waals surface area contributed by atoms with Crippen molar-refractivity contribution < 1.29 is 26.9 Å². The van der Waals surface area contributed by atoms with Gasteiger partial charge in [0.15, 0.2) is 0 Å². The van der Waals surface area contributed by atoms with Gasteiger partial charge in [0.1, 0.15) is 11.8 Å². The van der Waals surface area contributed by atoms with Crippen molar-refractivity contribution in [2.45, 2.75) is 12.6 Å². The minimum atomic E-state index is -5.11. The Morgan fingerprint density at radius 3 is 2.25 bits per heavy atom. The Kier molecular flexibility index (Phi) is 3.06. The van der Waals surface area contributed by atoms with Crippen LogP contribution in [0.2, 0.25) is 0 Å². The van der Waals surface area contributed by atoms with Gasteiger partial charge in [0.2, 0.25) is 0 Å². The lowest BCUT2D eigenvalue weighted by atomic mass is 10.1. The fraction of sp³-hybridized carbons (Fsp3) is 0.286. The van der Waals surface area contributed by atoms with E-state index >= 15 is 0 Å². The van der Waals surface area contributed by atoms with E-state index in [0.717, 1.165) is 0 Å². The van der Waals surface area contributed by atoms with Crippen molar-refractivity contribution in [2.75, 3.05) is 0 Å². The number of nitro groups is 1. The van der Waals surface area contributed by atoms with Crippen LogP contribution in [0, 0.1) is 10.1 Å². The molecule has 0 N–H and O–H groups in total. The number of halogens is 5. The molecule has 9 heteroatoms. The molecule has 0 aliphatic heterocycles. The van der Waals surface area contributed by atoms with Crippen LogP contribution in [-0.4, -0.2) is 9.91 Å². The van der Waals surface area contributed by atoms with Gasteiger partial charge in [-0.1, -0.05) is 0 Å². The normalized spacial score (nSPS) is 11.9. The van der Waals surface area contributed by atoms with Crippen molar-refractivity contribution in [3.05, 3.63) is 33.6 Å². The summed E-state index contributed by atoms with van der Waals surface area (Å²) in [5.74, 6) is 0. The minimum absolute atomic E-state index is 0.133. The van der Waals surface area contributed by atoms with Crippen LogP contribution < -0.4 is 0 Å². The van der Waals surface area contributed by atoms with Crippen LogP contribution in [-0.2, 0) is 6.18 Å². The van der Waals surface area contributed by atoms with Gasteiger partial charge in [-0.2, -0.15) is 13.2 Å². The number of aromatic nitrogens is 1. The highest BCUT2D eigenvalue weighted by Gasteiger charge is 2.40. The second kappa shape index (κ2) is 3.99. The molecule has 1 heterocycles. The highest BCUT2D eigenvalue weighted by Crippen LogP contribution is 2.39. The number of nitrogens with zero attached hydrogens (tertiary/aromatic N) is 2. The highest BCUT2D eigenvalue weighted by molar-refractivity contribution is 5.44. The van der Waals surface area contributed by atoms with E-state index in [1.54, 1.807) is 0 Å². The SMILES string of the molecule is O=[N+]([O-])c1cncc(C(F)(F)F)c1C(F)F. The van der Waals surface area contributed by atoms with Crippen LogP contribution in [0.15, 0.2) is 12.4 Å². The van der Waals surface area contributed by atoms with E-state index in [-0.39, 0.29) is 6.20 Å². The first kappa shape index (κ1) is 12.3. The first-order valence-corrected chi connectivity index (χ1v) is 3.72. The maximum atomic E-state index is 12.3. The topological polar surface area (TPSA) is 56.0 Å². The lowest BCUT2D eigenvalue weighted by Gasteiger charge is -2.11. The van der Waals surface area contributed by atoms with Crippen LogP contribution in [0.5, 0.6) is 0 Å². The zero-order valence-electron chi connectivity index (χ0n) is 7.33. The molecule has 0 unspecified atom stereocenters. The van der Waals surface area contributed by atoms with Crippen LogP contribution in [0.3, 0.4) is 0 Å². The quantitative estimate of drug-likeness (QED) is 0.455. The molecule has 1 aromatic rings. The lowest BCUT2D eigenvalue weighted by Crippen LogP contribution is -2.12. The second-order valence-electron chi connectivity index (χ2n) is 2.68. The lowest BCUT2D eigenvalue weighted by molar-refractivity contribution is -0.386. The molecular formula is C7H3F5N2O2. The summed E-state index contributed by atoms with van der Waals surface area (Å²) < 4.78 is 61.5. The van der Waals surface area contributed by atoms with Crippen LogP contribution >= 0.6 is 0 Å². The fourth-order valence-corrected chi connectivity index (χ4v) is 1.06. The smallest absolute Gasteiger partial charge is 0.258 e. The molecule has 1 aromatic heterocycles. The summed E-state index contributed by atoms with van der Waals surface area (Å²) in [6.45, 7) is 0. The average Bonchev–Trinajstić information content (AvgIpc) is 2.14. The van der Waals surface area contributed by atoms with Crippen LogP contribution in [0.25, 0.3) is 0 Å². The van der Waals surface area contributed by atoms with Crippen LogP contribution in [0.1, 0.15) is 17.6 Å². The van der Waals surface area contributed by atoms with E-state index in [4.69, 9.17) is 0 Å². The van der Waals surface area contributed by atoms with E-state index in [9.17, 15) is 32.1 Å². The molecule has 0 bridgehead atoms. The Morgan fingerprint density at radius 1 is 1.31 bits per heavy atom. The van der Waals surface area contributed by atoms with Crippen LogP contribution in [0.4, 0.5) is 27.6 Å². The highest BCUT2D eigenvalue weighted by atomic mass is 19.4. The zero-order chi connectivity index (χ0) is 12.5. The molecule has 0 saturated carbocycles. The van der Waals surface area contributed by atoms with Gasteiger partial charge in [-0.25, -0.2) is 8.78 Å². The predicted octanol–water partition coefficient (Wildman–Crippen LogP) is 2.95. The average molecular weight is 242 g/mol. The molecule has 0 spiro atoms. The number of pyridine rings is 1. The third kappa shape index (κ3) is 2.23. The maximum absolute atomic E-state index is 12.3. The Morgan fingerprint density at radius 2 is 1.88 bits per heavy atom. The molecule has 1 rings (SSSR count). The van der Waals surface area contributed by atoms with Gasteiger partial charge in [0.05, 0.1) is 10.5 Å². The van der Waals surface area contributed by atoms with Crippen molar-refractivity contribution in [2.24, 2.45) is 0 Å². The zero-order valence-corrected chi connectivity index (χ0v) is 7.33. The Hall–Kier alpha value is -1.80. The molecule has 0 fully saturated rings. The maximum Gasteiger partial charge on any atom is 0.418 e. The van der Waals surface area contributed by atoms with Gasteiger partial charge in [-0.15, -0.1) is 0 Å². The molecule has 0 amide bonds. The van der Waals surface area contributed by atoms with Gasteiger partial charge < -0.3 is 0 Å². The van der Waals surface area contributed by atoms with E-state index in [1.165, 1.54) is 0 Å². The van der Waals surface area contributed by atoms with Gasteiger partial charge >= 0.3 is 6.18 Å². The van der Waals surface area contributed by atoms with Gasteiger partial charge in [-0.3, -0.25) is 15.1 Å². The van der Waals surface area contributed by atoms with E-state index in [2.05, 4.69) is 4.98 Å². The van der Waals surface area contributed by atoms with Crippen molar-refractivity contribution in [1.82, 2.24) is 4.98 Å². The number of hydrogen-bond donors (Lipinski definition) is 0. The molecule has 16 heavy (non-hydrogen) atoms.